The van der Waals surface area contributed by atoms with Crippen molar-refractivity contribution in [3.63, 3.8) is 0 Å². The number of carbonyl (C=O) groups is 1. The molecule has 0 amide bonds. The molecule has 1 atom stereocenters. The number of rotatable bonds is 3. The number of methoxy groups -OCH3 is 1. The van der Waals surface area contributed by atoms with Crippen molar-refractivity contribution in [2.24, 2.45) is 0 Å². The van der Waals surface area contributed by atoms with Crippen LogP contribution in [0.3, 0.4) is 0 Å². The molecule has 0 radical (unpaired) electrons. The number of benzene rings is 2. The molecular weight excluding hydrogens is 368 g/mol. The summed E-state index contributed by atoms with van der Waals surface area (Å²) in [6.07, 6.45) is 14.0. The molecule has 2 nitrogen and oxygen atoms in total. The quantitative estimate of drug-likeness (QED) is 0.620. The molecule has 0 N–H and O–H groups in total. The maximum absolute atomic E-state index is 13.1. The Morgan fingerprint density at radius 3 is 2.50 bits per heavy atom. The summed E-state index contributed by atoms with van der Waals surface area (Å²) in [5.74, 6) is -0.324. The van der Waals surface area contributed by atoms with Crippen LogP contribution in [-0.4, -0.2) is 13.1 Å². The van der Waals surface area contributed by atoms with Crippen LogP contribution in [0.25, 0.3) is 5.57 Å². The first-order valence-electron chi connectivity index (χ1n) is 9.05. The van der Waals surface area contributed by atoms with Gasteiger partial charge in [-0.2, -0.15) is 0 Å². The highest BCUT2D eigenvalue weighted by atomic mass is 35.5. The van der Waals surface area contributed by atoms with Gasteiger partial charge in [0.15, 0.2) is 0 Å². The third-order valence-corrected chi connectivity index (χ3v) is 5.26. The number of hydrogen-bond donors (Lipinski definition) is 0. The van der Waals surface area contributed by atoms with Gasteiger partial charge in [-0.1, -0.05) is 96.6 Å². The summed E-state index contributed by atoms with van der Waals surface area (Å²) in [5.41, 5.74) is 3.76. The Balaban J connectivity index is 2.03. The van der Waals surface area contributed by atoms with Gasteiger partial charge in [-0.25, -0.2) is 0 Å². The molecule has 0 heterocycles. The van der Waals surface area contributed by atoms with E-state index in [1.807, 2.05) is 91.1 Å². The van der Waals surface area contributed by atoms with Crippen molar-refractivity contribution in [2.75, 3.05) is 7.11 Å². The predicted octanol–water partition coefficient (Wildman–Crippen LogP) is 5.83. The number of fused-ring (bicyclic) bond motifs is 1. The summed E-state index contributed by atoms with van der Waals surface area (Å²) < 4.78 is 5.25. The topological polar surface area (TPSA) is 26.3 Å². The fourth-order valence-electron chi connectivity index (χ4n) is 3.70. The molecule has 4 rings (SSSR count). The summed E-state index contributed by atoms with van der Waals surface area (Å²) in [6.45, 7) is 0. The SMILES string of the molecule is COC(=O)C1(c2ccccc2)C=C2C=CC=CC=C2C(c2cccc(Cl)c2)=C1. The van der Waals surface area contributed by atoms with Crippen LogP contribution in [0.1, 0.15) is 11.1 Å². The Hall–Kier alpha value is -3.10. The zero-order chi connectivity index (χ0) is 19.6. The molecule has 2 aromatic rings. The van der Waals surface area contributed by atoms with Crippen LogP contribution in [0, 0.1) is 0 Å². The molecular formula is C25H19ClO2. The Kier molecular flexibility index (Phi) is 4.89. The van der Waals surface area contributed by atoms with Gasteiger partial charge in [-0.3, -0.25) is 4.79 Å². The van der Waals surface area contributed by atoms with Gasteiger partial charge in [0, 0.05) is 5.02 Å². The maximum atomic E-state index is 13.1. The molecule has 0 aromatic heterocycles. The molecule has 2 aliphatic carbocycles. The van der Waals surface area contributed by atoms with Crippen molar-refractivity contribution in [2.45, 2.75) is 5.41 Å². The molecule has 0 aliphatic heterocycles. The zero-order valence-electron chi connectivity index (χ0n) is 15.4. The lowest BCUT2D eigenvalue weighted by Gasteiger charge is -2.32. The van der Waals surface area contributed by atoms with E-state index >= 15 is 0 Å². The van der Waals surface area contributed by atoms with Gasteiger partial charge in [0.2, 0.25) is 0 Å². The summed E-state index contributed by atoms with van der Waals surface area (Å²) in [6, 6.07) is 17.4. The van der Waals surface area contributed by atoms with Crippen LogP contribution in [0.15, 0.2) is 108 Å². The number of carbonyl (C=O) groups excluding carboxylic acids is 1. The van der Waals surface area contributed by atoms with Crippen LogP contribution in [-0.2, 0) is 14.9 Å². The summed E-state index contributed by atoms with van der Waals surface area (Å²) >= 11 is 6.27. The standard InChI is InChI=1S/C25H19ClO2/c1-28-24(27)25(20-11-5-3-6-12-20)16-19-9-4-2-7-14-22(19)23(17-25)18-10-8-13-21(26)15-18/h2-17H,1H3. The minimum Gasteiger partial charge on any atom is -0.468 e. The van der Waals surface area contributed by atoms with E-state index in [4.69, 9.17) is 16.3 Å². The molecule has 0 bridgehead atoms. The number of ether oxygens (including phenoxy) is 1. The molecule has 0 saturated carbocycles. The Labute approximate surface area is 169 Å². The van der Waals surface area contributed by atoms with E-state index in [1.165, 1.54) is 7.11 Å². The second-order valence-corrected chi connectivity index (χ2v) is 7.16. The monoisotopic (exact) mass is 386 g/mol. The molecule has 0 saturated heterocycles. The van der Waals surface area contributed by atoms with Gasteiger partial charge >= 0.3 is 5.97 Å². The van der Waals surface area contributed by atoms with Crippen LogP contribution >= 0.6 is 11.6 Å². The van der Waals surface area contributed by atoms with Crippen molar-refractivity contribution < 1.29 is 9.53 Å². The minimum atomic E-state index is -1.02. The number of halogens is 1. The summed E-state index contributed by atoms with van der Waals surface area (Å²) in [4.78, 5) is 13.1. The molecule has 2 aromatic carbocycles. The lowest BCUT2D eigenvalue weighted by molar-refractivity contribution is -0.143. The number of hydrogen-bond acceptors (Lipinski definition) is 2. The van der Waals surface area contributed by atoms with Crippen molar-refractivity contribution in [1.29, 1.82) is 0 Å². The average Bonchev–Trinajstić information content (AvgIpc) is 2.98. The second-order valence-electron chi connectivity index (χ2n) is 6.72. The van der Waals surface area contributed by atoms with Crippen molar-refractivity contribution in [1.82, 2.24) is 0 Å². The van der Waals surface area contributed by atoms with Crippen molar-refractivity contribution >= 4 is 23.1 Å². The third-order valence-electron chi connectivity index (χ3n) is 5.03. The number of allylic oxidation sites excluding steroid dienone is 8. The lowest BCUT2D eigenvalue weighted by Crippen LogP contribution is -2.35. The van der Waals surface area contributed by atoms with E-state index in [9.17, 15) is 4.79 Å². The van der Waals surface area contributed by atoms with Gasteiger partial charge in [0.25, 0.3) is 0 Å². The number of esters is 1. The molecule has 138 valence electrons. The lowest BCUT2D eigenvalue weighted by atomic mass is 9.70. The van der Waals surface area contributed by atoms with Gasteiger partial charge in [-0.05, 0) is 40.0 Å². The van der Waals surface area contributed by atoms with E-state index in [0.717, 1.165) is 27.8 Å². The largest absolute Gasteiger partial charge is 0.468 e. The van der Waals surface area contributed by atoms with E-state index in [1.54, 1.807) is 0 Å². The first-order chi connectivity index (χ1) is 13.6. The molecule has 28 heavy (non-hydrogen) atoms. The summed E-state index contributed by atoms with van der Waals surface area (Å²) in [7, 11) is 1.42. The molecule has 0 spiro atoms. The van der Waals surface area contributed by atoms with E-state index < -0.39 is 5.41 Å². The maximum Gasteiger partial charge on any atom is 0.324 e. The zero-order valence-corrected chi connectivity index (χ0v) is 16.2. The van der Waals surface area contributed by atoms with Gasteiger partial charge < -0.3 is 4.74 Å². The highest BCUT2D eigenvalue weighted by Crippen LogP contribution is 2.44. The molecule has 2 aliphatic rings. The van der Waals surface area contributed by atoms with Crippen molar-refractivity contribution in [3.8, 4) is 0 Å². The van der Waals surface area contributed by atoms with Gasteiger partial charge in [0.05, 0.1) is 7.11 Å². The van der Waals surface area contributed by atoms with Crippen LogP contribution < -0.4 is 0 Å². The third kappa shape index (κ3) is 3.17. The van der Waals surface area contributed by atoms with Crippen LogP contribution in [0.2, 0.25) is 5.02 Å². The minimum absolute atomic E-state index is 0.324. The first-order valence-corrected chi connectivity index (χ1v) is 9.43. The Bertz CT molecular complexity index is 1070. The van der Waals surface area contributed by atoms with Crippen LogP contribution in [0.4, 0.5) is 0 Å². The van der Waals surface area contributed by atoms with Crippen molar-refractivity contribution in [3.05, 3.63) is 124 Å². The Morgan fingerprint density at radius 1 is 0.929 bits per heavy atom. The smallest absolute Gasteiger partial charge is 0.324 e. The van der Waals surface area contributed by atoms with E-state index in [-0.39, 0.29) is 5.97 Å². The Morgan fingerprint density at radius 2 is 1.75 bits per heavy atom. The van der Waals surface area contributed by atoms with Gasteiger partial charge in [-0.15, -0.1) is 0 Å². The fourth-order valence-corrected chi connectivity index (χ4v) is 3.89. The van der Waals surface area contributed by atoms with Gasteiger partial charge in [0.1, 0.15) is 5.41 Å². The normalized spacial score (nSPS) is 20.4. The fraction of sp³-hybridized carbons (Fsp3) is 0.0800. The summed E-state index contributed by atoms with van der Waals surface area (Å²) in [5, 5.41) is 0.651. The molecule has 3 heteroatoms. The van der Waals surface area contributed by atoms with E-state index in [0.29, 0.717) is 5.02 Å². The molecule has 0 fully saturated rings. The van der Waals surface area contributed by atoms with E-state index in [2.05, 4.69) is 6.08 Å². The second kappa shape index (κ2) is 7.49. The highest BCUT2D eigenvalue weighted by Gasteiger charge is 2.41. The van der Waals surface area contributed by atoms with Crippen LogP contribution in [0.5, 0.6) is 0 Å². The first kappa shape index (κ1) is 18.3. The predicted molar refractivity (Wildman–Crippen MR) is 114 cm³/mol. The average molecular weight is 387 g/mol. The molecule has 1 unspecified atom stereocenters. The highest BCUT2D eigenvalue weighted by molar-refractivity contribution is 6.30.